The highest BCUT2D eigenvalue weighted by Gasteiger charge is 2.18. The molecule has 1 amide bonds. The zero-order chi connectivity index (χ0) is 13.4. The minimum absolute atomic E-state index is 0.103. The van der Waals surface area contributed by atoms with Crippen molar-refractivity contribution in [2.24, 2.45) is 0 Å². The molecule has 1 aliphatic carbocycles. The maximum Gasteiger partial charge on any atom is 0.265 e. The highest BCUT2D eigenvalue weighted by molar-refractivity contribution is 7.14. The lowest BCUT2D eigenvalue weighted by Crippen LogP contribution is -2.11. The molecule has 2 aromatic rings. The molecule has 0 atom stereocenters. The summed E-state index contributed by atoms with van der Waals surface area (Å²) in [6.07, 6.45) is 3.36. The van der Waals surface area contributed by atoms with Gasteiger partial charge >= 0.3 is 0 Å². The van der Waals surface area contributed by atoms with Gasteiger partial charge in [0.25, 0.3) is 5.91 Å². The first-order valence-corrected chi connectivity index (χ1v) is 7.14. The highest BCUT2D eigenvalue weighted by atomic mass is 32.1. The summed E-state index contributed by atoms with van der Waals surface area (Å²) < 4.78 is 13.0. The number of rotatable bonds is 2. The van der Waals surface area contributed by atoms with Crippen LogP contribution in [0, 0.1) is 12.7 Å². The fraction of sp³-hybridized carbons (Fsp3) is 0.267. The molecule has 0 saturated heterocycles. The van der Waals surface area contributed by atoms with Crippen LogP contribution in [0.4, 0.5) is 10.1 Å². The summed E-state index contributed by atoms with van der Waals surface area (Å²) >= 11 is 1.57. The van der Waals surface area contributed by atoms with Gasteiger partial charge in [-0.05, 0) is 61.6 Å². The second-order valence-electron chi connectivity index (χ2n) is 4.83. The Morgan fingerprint density at radius 3 is 2.89 bits per heavy atom. The van der Waals surface area contributed by atoms with Crippen molar-refractivity contribution in [3.63, 3.8) is 0 Å². The third kappa shape index (κ3) is 2.40. The molecule has 0 saturated carbocycles. The van der Waals surface area contributed by atoms with E-state index in [9.17, 15) is 9.18 Å². The smallest absolute Gasteiger partial charge is 0.265 e. The molecular formula is C15H14FNOS. The summed E-state index contributed by atoms with van der Waals surface area (Å²) in [5, 5.41) is 2.85. The number of amides is 1. The van der Waals surface area contributed by atoms with Crippen molar-refractivity contribution in [3.8, 4) is 0 Å². The van der Waals surface area contributed by atoms with Crippen molar-refractivity contribution < 1.29 is 9.18 Å². The van der Waals surface area contributed by atoms with Gasteiger partial charge in [0.2, 0.25) is 0 Å². The predicted octanol–water partition coefficient (Wildman–Crippen LogP) is 3.94. The molecule has 4 heteroatoms. The lowest BCUT2D eigenvalue weighted by atomic mass is 10.2. The SMILES string of the molecule is Cc1cc(F)ccc1NC(=O)c1cc2c(s1)CCC2. The summed E-state index contributed by atoms with van der Waals surface area (Å²) in [5.41, 5.74) is 2.71. The number of carbonyl (C=O) groups is 1. The van der Waals surface area contributed by atoms with Crippen molar-refractivity contribution in [1.82, 2.24) is 0 Å². The summed E-state index contributed by atoms with van der Waals surface area (Å²) in [5.74, 6) is -0.389. The van der Waals surface area contributed by atoms with Crippen molar-refractivity contribution in [2.75, 3.05) is 5.32 Å². The van der Waals surface area contributed by atoms with E-state index in [1.54, 1.807) is 24.3 Å². The third-order valence-electron chi connectivity index (χ3n) is 3.41. The van der Waals surface area contributed by atoms with Crippen LogP contribution in [-0.4, -0.2) is 5.91 Å². The number of halogens is 1. The largest absolute Gasteiger partial charge is 0.321 e. The molecule has 1 N–H and O–H groups in total. The molecule has 19 heavy (non-hydrogen) atoms. The Bertz CT molecular complexity index is 626. The summed E-state index contributed by atoms with van der Waals surface area (Å²) in [7, 11) is 0. The Balaban J connectivity index is 1.80. The van der Waals surface area contributed by atoms with Crippen molar-refractivity contribution in [2.45, 2.75) is 26.2 Å². The van der Waals surface area contributed by atoms with Crippen LogP contribution < -0.4 is 5.32 Å². The van der Waals surface area contributed by atoms with Gasteiger partial charge in [0.1, 0.15) is 5.82 Å². The Labute approximate surface area is 115 Å². The van der Waals surface area contributed by atoms with E-state index in [1.807, 2.05) is 6.07 Å². The van der Waals surface area contributed by atoms with Gasteiger partial charge in [0.05, 0.1) is 4.88 Å². The number of hydrogen-bond acceptors (Lipinski definition) is 2. The van der Waals surface area contributed by atoms with Crippen LogP contribution in [0.3, 0.4) is 0 Å². The fourth-order valence-electron chi connectivity index (χ4n) is 2.39. The maximum atomic E-state index is 13.0. The predicted molar refractivity (Wildman–Crippen MR) is 75.4 cm³/mol. The molecule has 1 aromatic heterocycles. The molecule has 0 radical (unpaired) electrons. The van der Waals surface area contributed by atoms with Gasteiger partial charge in [-0.15, -0.1) is 11.3 Å². The number of aryl methyl sites for hydroxylation is 3. The Morgan fingerprint density at radius 2 is 2.16 bits per heavy atom. The fourth-order valence-corrected chi connectivity index (χ4v) is 3.54. The van der Waals surface area contributed by atoms with Crippen molar-refractivity contribution in [3.05, 3.63) is 51.0 Å². The van der Waals surface area contributed by atoms with Crippen molar-refractivity contribution in [1.29, 1.82) is 0 Å². The Hall–Kier alpha value is -1.68. The van der Waals surface area contributed by atoms with E-state index in [1.165, 1.54) is 29.0 Å². The first kappa shape index (κ1) is 12.4. The van der Waals surface area contributed by atoms with E-state index >= 15 is 0 Å². The van der Waals surface area contributed by atoms with Crippen LogP contribution in [0.2, 0.25) is 0 Å². The third-order valence-corrected chi connectivity index (χ3v) is 4.64. The number of anilines is 1. The molecule has 1 aromatic carbocycles. The molecule has 2 nitrogen and oxygen atoms in total. The number of carbonyl (C=O) groups excluding carboxylic acids is 1. The second kappa shape index (κ2) is 4.78. The van der Waals surface area contributed by atoms with Crippen LogP contribution in [0.1, 0.15) is 32.1 Å². The molecule has 0 fully saturated rings. The van der Waals surface area contributed by atoms with E-state index in [4.69, 9.17) is 0 Å². The Kier molecular flexibility index (Phi) is 3.11. The van der Waals surface area contributed by atoms with E-state index in [-0.39, 0.29) is 11.7 Å². The van der Waals surface area contributed by atoms with Crippen LogP contribution in [0.15, 0.2) is 24.3 Å². The monoisotopic (exact) mass is 275 g/mol. The van der Waals surface area contributed by atoms with E-state index in [0.29, 0.717) is 5.69 Å². The van der Waals surface area contributed by atoms with E-state index in [0.717, 1.165) is 23.3 Å². The summed E-state index contributed by atoms with van der Waals surface area (Å²) in [4.78, 5) is 14.2. The lowest BCUT2D eigenvalue weighted by molar-refractivity contribution is 0.103. The number of nitrogens with one attached hydrogen (secondary N) is 1. The molecule has 98 valence electrons. The summed E-state index contributed by atoms with van der Waals surface area (Å²) in [6.45, 7) is 1.78. The minimum atomic E-state index is -0.286. The van der Waals surface area contributed by atoms with E-state index < -0.39 is 0 Å². The quantitative estimate of drug-likeness (QED) is 0.883. The van der Waals surface area contributed by atoms with Gasteiger partial charge in [0, 0.05) is 10.6 Å². The van der Waals surface area contributed by atoms with Gasteiger partial charge in [-0.1, -0.05) is 0 Å². The van der Waals surface area contributed by atoms with Gasteiger partial charge in [-0.3, -0.25) is 4.79 Å². The van der Waals surface area contributed by atoms with E-state index in [2.05, 4.69) is 5.32 Å². The number of benzene rings is 1. The normalized spacial score (nSPS) is 13.4. The molecule has 0 aliphatic heterocycles. The van der Waals surface area contributed by atoms with Crippen LogP contribution in [-0.2, 0) is 12.8 Å². The van der Waals surface area contributed by atoms with Gasteiger partial charge in [-0.25, -0.2) is 4.39 Å². The molecule has 0 spiro atoms. The van der Waals surface area contributed by atoms with Crippen LogP contribution in [0.25, 0.3) is 0 Å². The van der Waals surface area contributed by atoms with Crippen molar-refractivity contribution >= 4 is 22.9 Å². The van der Waals surface area contributed by atoms with Gasteiger partial charge in [-0.2, -0.15) is 0 Å². The lowest BCUT2D eigenvalue weighted by Gasteiger charge is -2.07. The standard InChI is InChI=1S/C15H14FNOS/c1-9-7-11(16)5-6-12(9)17-15(18)14-8-10-3-2-4-13(10)19-14/h5-8H,2-4H2,1H3,(H,17,18). The molecule has 0 bridgehead atoms. The minimum Gasteiger partial charge on any atom is -0.321 e. The van der Waals surface area contributed by atoms with Crippen LogP contribution in [0.5, 0.6) is 0 Å². The average molecular weight is 275 g/mol. The summed E-state index contributed by atoms with van der Waals surface area (Å²) in [6, 6.07) is 6.37. The van der Waals surface area contributed by atoms with Gasteiger partial charge in [0.15, 0.2) is 0 Å². The topological polar surface area (TPSA) is 29.1 Å². The average Bonchev–Trinajstić information content (AvgIpc) is 2.93. The maximum absolute atomic E-state index is 13.0. The molecule has 0 unspecified atom stereocenters. The zero-order valence-electron chi connectivity index (χ0n) is 10.6. The number of fused-ring (bicyclic) bond motifs is 1. The first-order chi connectivity index (χ1) is 9.13. The molecule has 1 heterocycles. The molecular weight excluding hydrogens is 261 g/mol. The Morgan fingerprint density at radius 1 is 1.32 bits per heavy atom. The number of thiophene rings is 1. The van der Waals surface area contributed by atoms with Crippen LogP contribution >= 0.6 is 11.3 Å². The second-order valence-corrected chi connectivity index (χ2v) is 5.96. The molecule has 3 rings (SSSR count). The van der Waals surface area contributed by atoms with Gasteiger partial charge < -0.3 is 5.32 Å². The zero-order valence-corrected chi connectivity index (χ0v) is 11.4. The number of hydrogen-bond donors (Lipinski definition) is 1. The first-order valence-electron chi connectivity index (χ1n) is 6.32. The molecule has 1 aliphatic rings. The highest BCUT2D eigenvalue weighted by Crippen LogP contribution is 2.31.